The van der Waals surface area contributed by atoms with Crippen molar-refractivity contribution in [3.8, 4) is 0 Å². The molecular weight excluding hydrogens is 276 g/mol. The quantitative estimate of drug-likeness (QED) is 0.818. The summed E-state index contributed by atoms with van der Waals surface area (Å²) in [6.45, 7) is 7.88. The van der Waals surface area contributed by atoms with Crippen molar-refractivity contribution in [1.29, 1.82) is 0 Å². The Bertz CT molecular complexity index is 563. The molecule has 1 aromatic heterocycles. The summed E-state index contributed by atoms with van der Waals surface area (Å²) in [5.74, 6) is 0.464. The summed E-state index contributed by atoms with van der Waals surface area (Å²) >= 11 is 0. The zero-order valence-corrected chi connectivity index (χ0v) is 13.2. The van der Waals surface area contributed by atoms with E-state index >= 15 is 0 Å². The fraction of sp³-hybridized carbons (Fsp3) is 0.529. The van der Waals surface area contributed by atoms with E-state index in [2.05, 4.69) is 58.7 Å². The Morgan fingerprint density at radius 1 is 1.14 bits per heavy atom. The molecule has 0 unspecified atom stereocenters. The van der Waals surface area contributed by atoms with Crippen LogP contribution in [0.3, 0.4) is 0 Å². The highest BCUT2D eigenvalue weighted by Gasteiger charge is 2.12. The van der Waals surface area contributed by atoms with Gasteiger partial charge in [0.05, 0.1) is 25.5 Å². The zero-order chi connectivity index (χ0) is 15.2. The largest absolute Gasteiger partial charge is 0.379 e. The first-order valence-corrected chi connectivity index (χ1v) is 8.05. The molecule has 3 rings (SSSR count). The Balaban J connectivity index is 1.50. The van der Waals surface area contributed by atoms with Crippen LogP contribution in [0.1, 0.15) is 24.1 Å². The molecule has 5 nitrogen and oxygen atoms in total. The minimum atomic E-state index is 0.464. The molecule has 1 aromatic carbocycles. The summed E-state index contributed by atoms with van der Waals surface area (Å²) in [6, 6.07) is 10.6. The first kappa shape index (κ1) is 15.2. The van der Waals surface area contributed by atoms with Gasteiger partial charge in [-0.1, -0.05) is 42.5 Å². The standard InChI is InChI=1S/C17H24N4O/c1-15(16-5-3-2-4-6-16)13-17-14-21(19-18-17)8-7-20-9-11-22-12-10-20/h2-6,14-15H,7-13H2,1H3/t15-/m1/s1. The van der Waals surface area contributed by atoms with E-state index < -0.39 is 0 Å². The third kappa shape index (κ3) is 4.15. The van der Waals surface area contributed by atoms with Crippen LogP contribution in [0.4, 0.5) is 0 Å². The van der Waals surface area contributed by atoms with E-state index in [4.69, 9.17) is 4.74 Å². The smallest absolute Gasteiger partial charge is 0.0833 e. The number of aromatic nitrogens is 3. The van der Waals surface area contributed by atoms with Gasteiger partial charge in [0, 0.05) is 25.8 Å². The van der Waals surface area contributed by atoms with Crippen LogP contribution < -0.4 is 0 Å². The maximum atomic E-state index is 5.37. The van der Waals surface area contributed by atoms with E-state index in [0.29, 0.717) is 5.92 Å². The lowest BCUT2D eigenvalue weighted by molar-refractivity contribution is 0.0359. The number of nitrogens with zero attached hydrogens (tertiary/aromatic N) is 4. The Morgan fingerprint density at radius 2 is 1.91 bits per heavy atom. The monoisotopic (exact) mass is 300 g/mol. The average Bonchev–Trinajstić information content (AvgIpc) is 3.02. The third-order valence-corrected chi connectivity index (χ3v) is 4.22. The van der Waals surface area contributed by atoms with Gasteiger partial charge in [0.1, 0.15) is 0 Å². The molecule has 1 saturated heterocycles. The Morgan fingerprint density at radius 3 is 2.68 bits per heavy atom. The minimum Gasteiger partial charge on any atom is -0.379 e. The molecule has 0 bridgehead atoms. The fourth-order valence-corrected chi connectivity index (χ4v) is 2.82. The molecular formula is C17H24N4O. The lowest BCUT2D eigenvalue weighted by Crippen LogP contribution is -2.38. The molecule has 1 aliphatic heterocycles. The fourth-order valence-electron chi connectivity index (χ4n) is 2.82. The predicted molar refractivity (Wildman–Crippen MR) is 85.8 cm³/mol. The molecule has 0 spiro atoms. The molecule has 2 aromatic rings. The molecule has 0 aliphatic carbocycles. The van der Waals surface area contributed by atoms with Crippen molar-refractivity contribution in [2.75, 3.05) is 32.8 Å². The number of hydrogen-bond acceptors (Lipinski definition) is 4. The van der Waals surface area contributed by atoms with Crippen molar-refractivity contribution >= 4 is 0 Å². The van der Waals surface area contributed by atoms with Gasteiger partial charge in [-0.15, -0.1) is 5.10 Å². The van der Waals surface area contributed by atoms with E-state index in [9.17, 15) is 0 Å². The number of hydrogen-bond donors (Lipinski definition) is 0. The molecule has 22 heavy (non-hydrogen) atoms. The van der Waals surface area contributed by atoms with Gasteiger partial charge >= 0.3 is 0 Å². The Labute approximate surface area is 131 Å². The molecule has 0 amide bonds. The summed E-state index contributed by atoms with van der Waals surface area (Å²) in [4.78, 5) is 2.41. The molecule has 0 N–H and O–H groups in total. The molecule has 5 heteroatoms. The van der Waals surface area contributed by atoms with Crippen LogP contribution in [0.25, 0.3) is 0 Å². The molecule has 0 radical (unpaired) electrons. The van der Waals surface area contributed by atoms with Gasteiger partial charge in [-0.2, -0.15) is 0 Å². The molecule has 0 saturated carbocycles. The highest BCUT2D eigenvalue weighted by molar-refractivity contribution is 5.20. The van der Waals surface area contributed by atoms with Crippen LogP contribution in [-0.4, -0.2) is 52.7 Å². The summed E-state index contributed by atoms with van der Waals surface area (Å²) in [7, 11) is 0. The SMILES string of the molecule is C[C@H](Cc1cn(CCN2CCOCC2)nn1)c1ccccc1. The first-order chi connectivity index (χ1) is 10.8. The van der Waals surface area contributed by atoms with E-state index in [1.807, 2.05) is 4.68 Å². The Kier molecular flexibility index (Phi) is 5.19. The molecule has 1 atom stereocenters. The van der Waals surface area contributed by atoms with Crippen LogP contribution in [0.15, 0.2) is 36.5 Å². The first-order valence-electron chi connectivity index (χ1n) is 8.05. The summed E-state index contributed by atoms with van der Waals surface area (Å²) in [5.41, 5.74) is 2.42. The lowest BCUT2D eigenvalue weighted by Gasteiger charge is -2.26. The molecule has 1 fully saturated rings. The highest BCUT2D eigenvalue weighted by atomic mass is 16.5. The van der Waals surface area contributed by atoms with Gasteiger partial charge < -0.3 is 4.74 Å². The van der Waals surface area contributed by atoms with Crippen LogP contribution in [0.2, 0.25) is 0 Å². The molecule has 118 valence electrons. The number of ether oxygens (including phenoxy) is 1. The predicted octanol–water partition coefficient (Wildman–Crippen LogP) is 1.96. The van der Waals surface area contributed by atoms with Gasteiger partial charge in [-0.3, -0.25) is 9.58 Å². The summed E-state index contributed by atoms with van der Waals surface area (Å²) < 4.78 is 7.33. The van der Waals surface area contributed by atoms with Gasteiger partial charge in [0.25, 0.3) is 0 Å². The number of benzene rings is 1. The van der Waals surface area contributed by atoms with Crippen molar-refractivity contribution in [3.05, 3.63) is 47.8 Å². The minimum absolute atomic E-state index is 0.464. The second kappa shape index (κ2) is 7.51. The highest BCUT2D eigenvalue weighted by Crippen LogP contribution is 2.18. The van der Waals surface area contributed by atoms with Crippen LogP contribution in [-0.2, 0) is 17.7 Å². The van der Waals surface area contributed by atoms with Gasteiger partial charge in [0.15, 0.2) is 0 Å². The van der Waals surface area contributed by atoms with Crippen LogP contribution >= 0.6 is 0 Å². The Hall–Kier alpha value is -1.72. The van der Waals surface area contributed by atoms with Crippen molar-refractivity contribution in [3.63, 3.8) is 0 Å². The number of morpholine rings is 1. The van der Waals surface area contributed by atoms with Crippen molar-refractivity contribution in [2.45, 2.75) is 25.8 Å². The van der Waals surface area contributed by atoms with Gasteiger partial charge in [-0.05, 0) is 17.9 Å². The van der Waals surface area contributed by atoms with E-state index in [0.717, 1.165) is 51.5 Å². The van der Waals surface area contributed by atoms with Gasteiger partial charge in [-0.25, -0.2) is 0 Å². The number of rotatable bonds is 6. The zero-order valence-electron chi connectivity index (χ0n) is 13.2. The third-order valence-electron chi connectivity index (χ3n) is 4.22. The van der Waals surface area contributed by atoms with Crippen molar-refractivity contribution < 1.29 is 4.74 Å². The summed E-state index contributed by atoms with van der Waals surface area (Å²) in [6.07, 6.45) is 3.02. The van der Waals surface area contributed by atoms with Crippen molar-refractivity contribution in [1.82, 2.24) is 19.9 Å². The second-order valence-corrected chi connectivity index (χ2v) is 5.94. The maximum absolute atomic E-state index is 5.37. The van der Waals surface area contributed by atoms with Crippen molar-refractivity contribution in [2.24, 2.45) is 0 Å². The van der Waals surface area contributed by atoms with E-state index in [1.165, 1.54) is 5.56 Å². The topological polar surface area (TPSA) is 43.2 Å². The van der Waals surface area contributed by atoms with Gasteiger partial charge in [0.2, 0.25) is 0 Å². The molecule has 2 heterocycles. The van der Waals surface area contributed by atoms with Crippen LogP contribution in [0.5, 0.6) is 0 Å². The average molecular weight is 300 g/mol. The van der Waals surface area contributed by atoms with Crippen LogP contribution in [0, 0.1) is 0 Å². The maximum Gasteiger partial charge on any atom is 0.0833 e. The van der Waals surface area contributed by atoms with E-state index in [-0.39, 0.29) is 0 Å². The second-order valence-electron chi connectivity index (χ2n) is 5.94. The molecule has 1 aliphatic rings. The van der Waals surface area contributed by atoms with E-state index in [1.54, 1.807) is 0 Å². The lowest BCUT2D eigenvalue weighted by atomic mass is 9.97. The summed E-state index contributed by atoms with van der Waals surface area (Å²) in [5, 5.41) is 8.57. The normalized spacial score (nSPS) is 17.5.